The third kappa shape index (κ3) is 7.37. The smallest absolute Gasteiger partial charge is 0.234 e. The Morgan fingerprint density at radius 1 is 0.976 bits per heavy atom. The molecule has 0 fully saturated rings. The van der Waals surface area contributed by atoms with Crippen molar-refractivity contribution < 1.29 is 14.3 Å². The predicted octanol–water partition coefficient (Wildman–Crippen LogP) is 4.82. The van der Waals surface area contributed by atoms with Crippen molar-refractivity contribution in [3.8, 4) is 17.1 Å². The normalized spacial score (nSPS) is 11.0. The number of fused-ring (bicyclic) bond motifs is 1. The lowest BCUT2D eigenvalue weighted by atomic mass is 10.2. The van der Waals surface area contributed by atoms with Gasteiger partial charge in [0.15, 0.2) is 15.3 Å². The number of carbonyl (C=O) groups excluding carboxylic acids is 2. The summed E-state index contributed by atoms with van der Waals surface area (Å²) in [6.07, 6.45) is 0. The van der Waals surface area contributed by atoms with E-state index in [4.69, 9.17) is 10.5 Å². The number of anilines is 2. The van der Waals surface area contributed by atoms with Crippen LogP contribution in [0.1, 0.15) is 5.56 Å². The molecule has 210 valence electrons. The number of hydrogen-bond donors (Lipinski definition) is 3. The Morgan fingerprint density at radius 2 is 1.73 bits per heavy atom. The second kappa shape index (κ2) is 13.1. The highest BCUT2D eigenvalue weighted by molar-refractivity contribution is 8.01. The molecule has 0 bridgehead atoms. The fourth-order valence-electron chi connectivity index (χ4n) is 3.82. The summed E-state index contributed by atoms with van der Waals surface area (Å²) in [7, 11) is 3.48. The Balaban J connectivity index is 1.11. The zero-order valence-electron chi connectivity index (χ0n) is 22.3. The van der Waals surface area contributed by atoms with Gasteiger partial charge in [-0.1, -0.05) is 35.7 Å². The molecular weight excluding hydrogens is 579 g/mol. The molecule has 0 spiro atoms. The largest absolute Gasteiger partial charge is 0.497 e. The number of rotatable bonds is 11. The minimum absolute atomic E-state index is 0.0703. The van der Waals surface area contributed by atoms with Gasteiger partial charge >= 0.3 is 0 Å². The quantitative estimate of drug-likeness (QED) is 0.143. The summed E-state index contributed by atoms with van der Waals surface area (Å²) < 4.78 is 8.73. The molecule has 41 heavy (non-hydrogen) atoms. The molecule has 4 N–H and O–H groups in total. The lowest BCUT2D eigenvalue weighted by Gasteiger charge is -2.06. The van der Waals surface area contributed by atoms with Gasteiger partial charge in [-0.25, -0.2) is 4.98 Å². The minimum atomic E-state index is -0.154. The number of ether oxygens (including phenoxy) is 1. The summed E-state index contributed by atoms with van der Waals surface area (Å²) in [5, 5.41) is 15.0. The van der Waals surface area contributed by atoms with Crippen molar-refractivity contribution >= 4 is 68.3 Å². The molecule has 0 unspecified atom stereocenters. The van der Waals surface area contributed by atoms with Gasteiger partial charge in [-0.2, -0.15) is 0 Å². The molecule has 0 saturated carbocycles. The molecule has 10 nitrogen and oxygen atoms in total. The zero-order chi connectivity index (χ0) is 28.8. The molecule has 0 radical (unpaired) electrons. The van der Waals surface area contributed by atoms with Crippen LogP contribution in [0, 0.1) is 0 Å². The van der Waals surface area contributed by atoms with Crippen LogP contribution in [0.25, 0.3) is 21.6 Å². The minimum Gasteiger partial charge on any atom is -0.497 e. The molecule has 5 aromatic rings. The number of nitrogens with two attached hydrogens (primary N) is 1. The van der Waals surface area contributed by atoms with Crippen molar-refractivity contribution in [1.29, 1.82) is 0 Å². The second-order valence-electron chi connectivity index (χ2n) is 8.90. The number of benzene rings is 3. The van der Waals surface area contributed by atoms with Crippen LogP contribution in [0.3, 0.4) is 0 Å². The molecule has 0 atom stereocenters. The van der Waals surface area contributed by atoms with E-state index in [9.17, 15) is 9.59 Å². The second-order valence-corrected chi connectivity index (χ2v) is 12.1. The first-order chi connectivity index (χ1) is 19.9. The number of carbonyl (C=O) groups is 2. The van der Waals surface area contributed by atoms with E-state index < -0.39 is 0 Å². The van der Waals surface area contributed by atoms with Crippen molar-refractivity contribution in [2.75, 3.05) is 29.7 Å². The maximum atomic E-state index is 12.7. The van der Waals surface area contributed by atoms with Crippen LogP contribution in [-0.4, -0.2) is 50.2 Å². The fourth-order valence-corrected chi connectivity index (χ4v) is 6.47. The van der Waals surface area contributed by atoms with E-state index in [0.29, 0.717) is 28.9 Å². The lowest BCUT2D eigenvalue weighted by molar-refractivity contribution is -0.118. The van der Waals surface area contributed by atoms with E-state index in [1.807, 2.05) is 78.3 Å². The molecule has 0 saturated heterocycles. The highest BCUT2D eigenvalue weighted by atomic mass is 32.2. The number of nitrogens with zero attached hydrogens (tertiary/aromatic N) is 4. The van der Waals surface area contributed by atoms with Crippen molar-refractivity contribution in [1.82, 2.24) is 25.1 Å². The first kappa shape index (κ1) is 28.5. The van der Waals surface area contributed by atoms with Crippen LogP contribution in [0.5, 0.6) is 5.75 Å². The molecule has 2 heterocycles. The summed E-state index contributed by atoms with van der Waals surface area (Å²) in [4.78, 5) is 29.6. The van der Waals surface area contributed by atoms with Gasteiger partial charge in [-0.05, 0) is 60.2 Å². The Kier molecular flexibility index (Phi) is 9.07. The number of hydrogen-bond acceptors (Lipinski definition) is 10. The molecule has 13 heteroatoms. The maximum Gasteiger partial charge on any atom is 0.234 e. The highest BCUT2D eigenvalue weighted by Crippen LogP contribution is 2.31. The monoisotopic (exact) mass is 605 g/mol. The van der Waals surface area contributed by atoms with Crippen molar-refractivity contribution in [2.24, 2.45) is 7.05 Å². The third-order valence-corrected chi connectivity index (χ3v) is 9.15. The zero-order valence-corrected chi connectivity index (χ0v) is 24.7. The van der Waals surface area contributed by atoms with Crippen LogP contribution in [0.4, 0.5) is 11.4 Å². The van der Waals surface area contributed by atoms with Crippen LogP contribution in [-0.2, 0) is 23.2 Å². The van der Waals surface area contributed by atoms with E-state index in [-0.39, 0.29) is 23.3 Å². The topological polar surface area (TPSA) is 137 Å². The Bertz CT molecular complexity index is 1670. The SMILES string of the molecule is COc1ccc(CNC(=O)CSc2nc3ccc(NC(=O)CSc4nnc(-c5ccc(N)cc5)n4C)cc3s2)cc1. The first-order valence-electron chi connectivity index (χ1n) is 12.5. The summed E-state index contributed by atoms with van der Waals surface area (Å²) in [5.74, 6) is 1.70. The van der Waals surface area contributed by atoms with E-state index >= 15 is 0 Å². The summed E-state index contributed by atoms with van der Waals surface area (Å²) in [6, 6.07) is 20.6. The summed E-state index contributed by atoms with van der Waals surface area (Å²) in [6.45, 7) is 0.449. The lowest BCUT2D eigenvalue weighted by Crippen LogP contribution is -2.24. The van der Waals surface area contributed by atoms with E-state index in [2.05, 4.69) is 25.8 Å². The number of nitrogens with one attached hydrogen (secondary N) is 2. The van der Waals surface area contributed by atoms with E-state index in [1.54, 1.807) is 7.11 Å². The molecule has 0 aliphatic heterocycles. The van der Waals surface area contributed by atoms with Gasteiger partial charge in [0.25, 0.3) is 0 Å². The number of nitrogen functional groups attached to an aromatic ring is 1. The van der Waals surface area contributed by atoms with Gasteiger partial charge < -0.3 is 25.7 Å². The number of aromatic nitrogens is 4. The molecule has 2 amide bonds. The molecular formula is C28H27N7O3S3. The van der Waals surface area contributed by atoms with Crippen LogP contribution in [0.15, 0.2) is 76.2 Å². The standard InChI is InChI=1S/C28H27N7O3S3/c1-35-26(18-5-7-19(29)8-6-18)33-34-27(35)39-16-25(37)31-20-9-12-22-23(13-20)41-28(32-22)40-15-24(36)30-14-17-3-10-21(38-2)11-4-17/h3-13H,14-16,29H2,1-2H3,(H,30,36)(H,31,37). The number of thioether (sulfide) groups is 2. The highest BCUT2D eigenvalue weighted by Gasteiger charge is 2.14. The molecule has 0 aliphatic rings. The molecule has 3 aromatic carbocycles. The average Bonchev–Trinajstić information content (AvgIpc) is 3.56. The third-order valence-electron chi connectivity index (χ3n) is 5.96. The first-order valence-corrected chi connectivity index (χ1v) is 15.3. The predicted molar refractivity (Wildman–Crippen MR) is 165 cm³/mol. The fraction of sp³-hybridized carbons (Fsp3) is 0.179. The summed E-state index contributed by atoms with van der Waals surface area (Å²) in [5.41, 5.74) is 9.84. The van der Waals surface area contributed by atoms with Crippen LogP contribution >= 0.6 is 34.9 Å². The average molecular weight is 606 g/mol. The van der Waals surface area contributed by atoms with Crippen LogP contribution in [0.2, 0.25) is 0 Å². The summed E-state index contributed by atoms with van der Waals surface area (Å²) >= 11 is 4.18. The van der Waals surface area contributed by atoms with Crippen molar-refractivity contribution in [3.05, 3.63) is 72.3 Å². The number of thiazole rings is 1. The molecule has 0 aliphatic carbocycles. The van der Waals surface area contributed by atoms with Gasteiger partial charge in [0.1, 0.15) is 5.75 Å². The maximum absolute atomic E-state index is 12.7. The van der Waals surface area contributed by atoms with Crippen LogP contribution < -0.4 is 21.1 Å². The Hall–Kier alpha value is -4.07. The van der Waals surface area contributed by atoms with Crippen molar-refractivity contribution in [2.45, 2.75) is 16.0 Å². The van der Waals surface area contributed by atoms with Gasteiger partial charge in [-0.15, -0.1) is 21.5 Å². The van der Waals surface area contributed by atoms with Crippen molar-refractivity contribution in [3.63, 3.8) is 0 Å². The Morgan fingerprint density at radius 3 is 2.49 bits per heavy atom. The Labute approximate surface area is 249 Å². The van der Waals surface area contributed by atoms with E-state index in [0.717, 1.165) is 31.4 Å². The molecule has 5 rings (SSSR count). The number of amides is 2. The number of methoxy groups -OCH3 is 1. The van der Waals surface area contributed by atoms with Gasteiger partial charge in [0, 0.05) is 30.5 Å². The van der Waals surface area contributed by atoms with E-state index in [1.165, 1.54) is 34.9 Å². The molecule has 2 aromatic heterocycles. The van der Waals surface area contributed by atoms with Gasteiger partial charge in [-0.3, -0.25) is 9.59 Å². The van der Waals surface area contributed by atoms with Gasteiger partial charge in [0.2, 0.25) is 11.8 Å². The van der Waals surface area contributed by atoms with Gasteiger partial charge in [0.05, 0.1) is 28.8 Å².